The number of carbonyl (C=O) groups is 1. The van der Waals surface area contributed by atoms with Crippen LogP contribution in [-0.4, -0.2) is 15.7 Å². The van der Waals surface area contributed by atoms with Gasteiger partial charge in [0, 0.05) is 22.9 Å². The fourth-order valence-corrected chi connectivity index (χ4v) is 2.73. The van der Waals surface area contributed by atoms with Gasteiger partial charge in [-0.1, -0.05) is 35.9 Å². The van der Waals surface area contributed by atoms with Gasteiger partial charge in [-0.25, -0.2) is 4.98 Å². The number of nitrogens with zero attached hydrogens (tertiary/aromatic N) is 2. The Labute approximate surface area is 154 Å². The topological polar surface area (TPSA) is 85.1 Å². The number of hydrogen-bond donors (Lipinski definition) is 1. The van der Waals surface area contributed by atoms with Gasteiger partial charge in [-0.05, 0) is 36.8 Å². The molecule has 2 aromatic carbocycles. The molecule has 0 radical (unpaired) electrons. The number of anilines is 2. The van der Waals surface area contributed by atoms with Gasteiger partial charge in [0.25, 0.3) is 5.69 Å². The molecule has 26 heavy (non-hydrogen) atoms. The Bertz CT molecular complexity index is 988. The zero-order valence-corrected chi connectivity index (χ0v) is 14.5. The second kappa shape index (κ2) is 7.33. The molecule has 0 saturated heterocycles. The maximum absolute atomic E-state index is 12.7. The van der Waals surface area contributed by atoms with Crippen LogP contribution in [0.15, 0.2) is 60.8 Å². The highest BCUT2D eigenvalue weighted by Gasteiger charge is 2.15. The minimum absolute atomic E-state index is 0.0900. The average Bonchev–Trinajstić information content (AvgIpc) is 2.62. The van der Waals surface area contributed by atoms with Gasteiger partial charge in [0.1, 0.15) is 12.0 Å². The summed E-state index contributed by atoms with van der Waals surface area (Å²) in [5.74, 6) is 0.290. The van der Waals surface area contributed by atoms with E-state index < -0.39 is 4.92 Å². The standard InChI is InChI=1S/C19H14ClN3O3/c1-12-4-2-3-5-15(12)19(24)16-8-6-13(10-17(16)20)22-18-9-7-14(11-21-18)23(25)26/h2-11H,1H3,(H,21,22). The van der Waals surface area contributed by atoms with Crippen LogP contribution in [0, 0.1) is 17.0 Å². The highest BCUT2D eigenvalue weighted by Crippen LogP contribution is 2.26. The van der Waals surface area contributed by atoms with Crippen LogP contribution in [-0.2, 0) is 0 Å². The molecule has 0 aliphatic heterocycles. The second-order valence-corrected chi connectivity index (χ2v) is 6.03. The maximum atomic E-state index is 12.7. The van der Waals surface area contributed by atoms with Gasteiger partial charge in [-0.2, -0.15) is 0 Å². The molecule has 0 amide bonds. The summed E-state index contributed by atoms with van der Waals surface area (Å²) in [6.07, 6.45) is 1.17. The summed E-state index contributed by atoms with van der Waals surface area (Å²) in [7, 11) is 0. The quantitative estimate of drug-likeness (QED) is 0.392. The number of nitro groups is 1. The second-order valence-electron chi connectivity index (χ2n) is 5.62. The first-order chi connectivity index (χ1) is 12.5. The molecular formula is C19H14ClN3O3. The number of halogens is 1. The van der Waals surface area contributed by atoms with E-state index in [0.29, 0.717) is 27.7 Å². The SMILES string of the molecule is Cc1ccccc1C(=O)c1ccc(Nc2ccc([N+](=O)[O-])cn2)cc1Cl. The van der Waals surface area contributed by atoms with Crippen molar-refractivity contribution in [2.75, 3.05) is 5.32 Å². The number of aromatic nitrogens is 1. The van der Waals surface area contributed by atoms with Crippen LogP contribution < -0.4 is 5.32 Å². The van der Waals surface area contributed by atoms with Crippen LogP contribution in [0.2, 0.25) is 5.02 Å². The van der Waals surface area contributed by atoms with E-state index in [1.165, 1.54) is 18.3 Å². The van der Waals surface area contributed by atoms with E-state index in [2.05, 4.69) is 10.3 Å². The summed E-state index contributed by atoms with van der Waals surface area (Å²) in [6.45, 7) is 1.87. The van der Waals surface area contributed by atoms with Crippen molar-refractivity contribution in [1.82, 2.24) is 4.98 Å². The Morgan fingerprint density at radius 2 is 1.88 bits per heavy atom. The van der Waals surface area contributed by atoms with E-state index in [1.54, 1.807) is 24.3 Å². The van der Waals surface area contributed by atoms with Gasteiger partial charge >= 0.3 is 0 Å². The Kier molecular flexibility index (Phi) is 4.95. The van der Waals surface area contributed by atoms with Gasteiger partial charge in [0.2, 0.25) is 0 Å². The molecule has 1 N–H and O–H groups in total. The predicted octanol–water partition coefficient (Wildman–Crippen LogP) is 4.93. The summed E-state index contributed by atoms with van der Waals surface area (Å²) < 4.78 is 0. The van der Waals surface area contributed by atoms with Crippen LogP contribution in [0.25, 0.3) is 0 Å². The minimum atomic E-state index is -0.514. The minimum Gasteiger partial charge on any atom is -0.340 e. The zero-order valence-electron chi connectivity index (χ0n) is 13.8. The summed E-state index contributed by atoms with van der Waals surface area (Å²) in [5, 5.41) is 14.0. The molecule has 3 rings (SSSR count). The lowest BCUT2D eigenvalue weighted by Crippen LogP contribution is -2.05. The molecular weight excluding hydrogens is 354 g/mol. The van der Waals surface area contributed by atoms with Crippen LogP contribution >= 0.6 is 11.6 Å². The van der Waals surface area contributed by atoms with E-state index in [0.717, 1.165) is 5.56 Å². The molecule has 0 aliphatic carbocycles. The molecule has 130 valence electrons. The molecule has 0 unspecified atom stereocenters. The highest BCUT2D eigenvalue weighted by molar-refractivity contribution is 6.35. The number of rotatable bonds is 5. The normalized spacial score (nSPS) is 10.4. The van der Waals surface area contributed by atoms with Crippen molar-refractivity contribution in [2.45, 2.75) is 6.92 Å². The number of hydrogen-bond acceptors (Lipinski definition) is 5. The van der Waals surface area contributed by atoms with Crippen molar-refractivity contribution in [2.24, 2.45) is 0 Å². The first-order valence-electron chi connectivity index (χ1n) is 7.73. The zero-order chi connectivity index (χ0) is 18.7. The number of ketones is 1. The Balaban J connectivity index is 1.82. The number of nitrogens with one attached hydrogen (secondary N) is 1. The van der Waals surface area contributed by atoms with Gasteiger partial charge in [-0.3, -0.25) is 14.9 Å². The van der Waals surface area contributed by atoms with Crippen LogP contribution in [0.1, 0.15) is 21.5 Å². The summed E-state index contributed by atoms with van der Waals surface area (Å²) in [6, 6.07) is 15.1. The lowest BCUT2D eigenvalue weighted by atomic mass is 9.99. The summed E-state index contributed by atoms with van der Waals surface area (Å²) >= 11 is 6.29. The molecule has 0 saturated carbocycles. The Morgan fingerprint density at radius 3 is 2.50 bits per heavy atom. The molecule has 3 aromatic rings. The van der Waals surface area contributed by atoms with Gasteiger partial charge in [0.05, 0.1) is 9.95 Å². The fourth-order valence-electron chi connectivity index (χ4n) is 2.47. The lowest BCUT2D eigenvalue weighted by Gasteiger charge is -2.10. The van der Waals surface area contributed by atoms with Crippen LogP contribution in [0.5, 0.6) is 0 Å². The fraction of sp³-hybridized carbons (Fsp3) is 0.0526. The molecule has 6 nitrogen and oxygen atoms in total. The summed E-state index contributed by atoms with van der Waals surface area (Å²) in [4.78, 5) is 26.8. The van der Waals surface area contributed by atoms with E-state index in [4.69, 9.17) is 11.6 Å². The Hall–Kier alpha value is -3.25. The van der Waals surface area contributed by atoms with Crippen molar-refractivity contribution >= 4 is 34.6 Å². The van der Waals surface area contributed by atoms with Crippen LogP contribution in [0.4, 0.5) is 17.2 Å². The first kappa shape index (κ1) is 17.6. The smallest absolute Gasteiger partial charge is 0.287 e. The molecule has 1 aromatic heterocycles. The molecule has 0 spiro atoms. The van der Waals surface area contributed by atoms with Crippen LogP contribution in [0.3, 0.4) is 0 Å². The van der Waals surface area contributed by atoms with Crippen molar-refractivity contribution < 1.29 is 9.72 Å². The Morgan fingerprint density at radius 1 is 1.12 bits per heavy atom. The largest absolute Gasteiger partial charge is 0.340 e. The van der Waals surface area contributed by atoms with E-state index in [9.17, 15) is 14.9 Å². The van der Waals surface area contributed by atoms with Crippen molar-refractivity contribution in [3.05, 3.63) is 92.6 Å². The van der Waals surface area contributed by atoms with Gasteiger partial charge < -0.3 is 5.32 Å². The molecule has 0 atom stereocenters. The molecule has 0 bridgehead atoms. The highest BCUT2D eigenvalue weighted by atomic mass is 35.5. The number of carbonyl (C=O) groups excluding carboxylic acids is 1. The average molecular weight is 368 g/mol. The monoisotopic (exact) mass is 367 g/mol. The van der Waals surface area contributed by atoms with Crippen molar-refractivity contribution in [1.29, 1.82) is 0 Å². The van der Waals surface area contributed by atoms with E-state index >= 15 is 0 Å². The summed E-state index contributed by atoms with van der Waals surface area (Å²) in [5.41, 5.74) is 2.42. The molecule has 1 heterocycles. The molecule has 7 heteroatoms. The predicted molar refractivity (Wildman–Crippen MR) is 100 cm³/mol. The van der Waals surface area contributed by atoms with Crippen molar-refractivity contribution in [3.63, 3.8) is 0 Å². The number of aryl methyl sites for hydroxylation is 1. The third-order valence-electron chi connectivity index (χ3n) is 3.83. The van der Waals surface area contributed by atoms with Gasteiger partial charge in [0.15, 0.2) is 5.78 Å². The molecule has 0 fully saturated rings. The maximum Gasteiger partial charge on any atom is 0.287 e. The third-order valence-corrected chi connectivity index (χ3v) is 4.15. The number of pyridine rings is 1. The molecule has 0 aliphatic rings. The first-order valence-corrected chi connectivity index (χ1v) is 8.11. The number of benzene rings is 2. The van der Waals surface area contributed by atoms with Crippen molar-refractivity contribution in [3.8, 4) is 0 Å². The lowest BCUT2D eigenvalue weighted by molar-refractivity contribution is -0.385. The third kappa shape index (κ3) is 3.70. The van der Waals surface area contributed by atoms with Gasteiger partial charge in [-0.15, -0.1) is 0 Å². The van der Waals surface area contributed by atoms with E-state index in [-0.39, 0.29) is 11.5 Å². The van der Waals surface area contributed by atoms with E-state index in [1.807, 2.05) is 25.1 Å².